The maximum absolute atomic E-state index is 12.0. The van der Waals surface area contributed by atoms with Crippen molar-refractivity contribution < 1.29 is 9.90 Å². The van der Waals surface area contributed by atoms with Crippen LogP contribution in [-0.4, -0.2) is 22.7 Å². The van der Waals surface area contributed by atoms with Crippen LogP contribution in [0.25, 0.3) is 0 Å². The number of amides is 1. The number of hydrogen-bond donors (Lipinski definition) is 3. The van der Waals surface area contributed by atoms with E-state index in [1.807, 2.05) is 18.2 Å². The summed E-state index contributed by atoms with van der Waals surface area (Å²) in [6.07, 6.45) is 1.97. The van der Waals surface area contributed by atoms with Gasteiger partial charge in [0, 0.05) is 5.75 Å². The Morgan fingerprint density at radius 3 is 2.70 bits per heavy atom. The van der Waals surface area contributed by atoms with Crippen LogP contribution < -0.4 is 10.6 Å². The number of rotatable bonds is 6. The van der Waals surface area contributed by atoms with Crippen molar-refractivity contribution in [3.05, 3.63) is 35.9 Å². The fourth-order valence-corrected chi connectivity index (χ4v) is 3.24. The lowest BCUT2D eigenvalue weighted by molar-refractivity contribution is -0.134. The summed E-state index contributed by atoms with van der Waals surface area (Å²) in [5.41, 5.74) is 0.978. The molecule has 0 spiro atoms. The van der Waals surface area contributed by atoms with Crippen LogP contribution in [0.4, 0.5) is 0 Å². The monoisotopic (exact) mass is 294 g/mol. The molecule has 2 rings (SSSR count). The van der Waals surface area contributed by atoms with Crippen LogP contribution in [0.5, 0.6) is 0 Å². The van der Waals surface area contributed by atoms with Gasteiger partial charge in [-0.05, 0) is 12.0 Å². The highest BCUT2D eigenvalue weighted by Gasteiger charge is 2.34. The number of unbranched alkanes of at least 4 members (excludes halogenated alkanes) is 1. The molecular weight excluding hydrogens is 272 g/mol. The number of aliphatic hydroxyl groups is 1. The van der Waals surface area contributed by atoms with E-state index in [2.05, 4.69) is 29.7 Å². The summed E-state index contributed by atoms with van der Waals surface area (Å²) in [5, 5.41) is 16.0. The van der Waals surface area contributed by atoms with Gasteiger partial charge in [0.2, 0.25) is 5.91 Å². The molecule has 0 aliphatic carbocycles. The largest absolute Gasteiger partial charge is 0.378 e. The normalized spacial score (nSPS) is 26.3. The molecule has 1 aromatic rings. The molecule has 1 heterocycles. The average molecular weight is 294 g/mol. The molecule has 0 aromatic heterocycles. The first-order valence-corrected chi connectivity index (χ1v) is 8.15. The zero-order chi connectivity index (χ0) is 14.4. The molecule has 3 atom stereocenters. The number of nitrogens with one attached hydrogen (secondary N) is 2. The average Bonchev–Trinajstić information content (AvgIpc) is 2.45. The molecule has 1 aliphatic heterocycles. The van der Waals surface area contributed by atoms with Crippen LogP contribution in [0.3, 0.4) is 0 Å². The van der Waals surface area contributed by atoms with Crippen molar-refractivity contribution in [3.8, 4) is 0 Å². The van der Waals surface area contributed by atoms with E-state index in [-0.39, 0.29) is 17.3 Å². The highest BCUT2D eigenvalue weighted by atomic mass is 32.2. The SMILES string of the molecule is CCCCC1C(=O)NC(SCc2ccccc2)NC1O. The van der Waals surface area contributed by atoms with E-state index in [1.165, 1.54) is 5.56 Å². The minimum absolute atomic E-state index is 0.0461. The van der Waals surface area contributed by atoms with Crippen LogP contribution >= 0.6 is 11.8 Å². The Bertz CT molecular complexity index is 427. The van der Waals surface area contributed by atoms with E-state index >= 15 is 0 Å². The van der Waals surface area contributed by atoms with Gasteiger partial charge in [0.05, 0.1) is 5.92 Å². The second-order valence-electron chi connectivity index (χ2n) is 5.05. The molecule has 1 amide bonds. The molecule has 1 aliphatic rings. The number of carbonyl (C=O) groups excluding carboxylic acids is 1. The minimum Gasteiger partial charge on any atom is -0.378 e. The van der Waals surface area contributed by atoms with E-state index in [4.69, 9.17) is 0 Å². The Morgan fingerprint density at radius 1 is 1.30 bits per heavy atom. The van der Waals surface area contributed by atoms with Gasteiger partial charge in [-0.2, -0.15) is 0 Å². The fourth-order valence-electron chi connectivity index (χ4n) is 2.25. The van der Waals surface area contributed by atoms with E-state index in [9.17, 15) is 9.90 Å². The van der Waals surface area contributed by atoms with Crippen molar-refractivity contribution in [1.82, 2.24) is 10.6 Å². The molecule has 4 nitrogen and oxygen atoms in total. The third-order valence-electron chi connectivity index (χ3n) is 3.44. The van der Waals surface area contributed by atoms with Crippen LogP contribution in [0.15, 0.2) is 30.3 Å². The molecule has 3 N–H and O–H groups in total. The maximum Gasteiger partial charge on any atom is 0.228 e. The van der Waals surface area contributed by atoms with Crippen molar-refractivity contribution in [2.45, 2.75) is 43.7 Å². The number of hydrogen-bond acceptors (Lipinski definition) is 4. The number of benzene rings is 1. The maximum atomic E-state index is 12.0. The standard InChI is InChI=1S/C15H22N2O2S/c1-2-3-9-12-13(18)16-15(17-14(12)19)20-10-11-7-5-4-6-8-11/h4-8,12-13,15-16,18H,2-3,9-10H2,1H3,(H,17,19). The van der Waals surface area contributed by atoms with Gasteiger partial charge in [-0.3, -0.25) is 10.1 Å². The second-order valence-corrected chi connectivity index (χ2v) is 6.14. The van der Waals surface area contributed by atoms with Gasteiger partial charge >= 0.3 is 0 Å². The third kappa shape index (κ3) is 4.23. The van der Waals surface area contributed by atoms with Gasteiger partial charge in [0.15, 0.2) is 0 Å². The van der Waals surface area contributed by atoms with E-state index in [1.54, 1.807) is 11.8 Å². The summed E-state index contributed by atoms with van der Waals surface area (Å²) in [6.45, 7) is 2.08. The van der Waals surface area contributed by atoms with Crippen LogP contribution in [0, 0.1) is 5.92 Å². The molecule has 0 bridgehead atoms. The van der Waals surface area contributed by atoms with Gasteiger partial charge in [0.25, 0.3) is 0 Å². The van der Waals surface area contributed by atoms with Crippen molar-refractivity contribution >= 4 is 17.7 Å². The zero-order valence-corrected chi connectivity index (χ0v) is 12.5. The van der Waals surface area contributed by atoms with Gasteiger partial charge in [-0.25, -0.2) is 0 Å². The Hall–Kier alpha value is -1.04. The molecule has 1 aromatic carbocycles. The minimum atomic E-state index is -0.747. The first-order valence-electron chi connectivity index (χ1n) is 7.10. The van der Waals surface area contributed by atoms with E-state index < -0.39 is 6.23 Å². The number of aliphatic hydroxyl groups excluding tert-OH is 1. The summed E-state index contributed by atoms with van der Waals surface area (Å²) < 4.78 is 0. The topological polar surface area (TPSA) is 61.4 Å². The Labute approximate surface area is 124 Å². The lowest BCUT2D eigenvalue weighted by Gasteiger charge is -2.34. The van der Waals surface area contributed by atoms with Crippen LogP contribution in [0.1, 0.15) is 31.7 Å². The zero-order valence-electron chi connectivity index (χ0n) is 11.7. The van der Waals surface area contributed by atoms with E-state index in [0.717, 1.165) is 25.0 Å². The molecule has 3 unspecified atom stereocenters. The summed E-state index contributed by atoms with van der Waals surface area (Å²) >= 11 is 1.58. The van der Waals surface area contributed by atoms with Crippen molar-refractivity contribution in [1.29, 1.82) is 0 Å². The fraction of sp³-hybridized carbons (Fsp3) is 0.533. The van der Waals surface area contributed by atoms with Gasteiger partial charge in [-0.15, -0.1) is 11.8 Å². The van der Waals surface area contributed by atoms with E-state index in [0.29, 0.717) is 0 Å². The first-order chi connectivity index (χ1) is 9.70. The summed E-state index contributed by atoms with van der Waals surface area (Å²) in [5.74, 6) is 0.421. The molecule has 1 saturated heterocycles. The Kier molecular flexibility index (Phi) is 5.88. The number of thioether (sulfide) groups is 1. The quantitative estimate of drug-likeness (QED) is 0.751. The smallest absolute Gasteiger partial charge is 0.228 e. The molecule has 20 heavy (non-hydrogen) atoms. The van der Waals surface area contributed by atoms with Crippen molar-refractivity contribution in [2.75, 3.05) is 0 Å². The predicted octanol–water partition coefficient (Wildman–Crippen LogP) is 2.05. The second kappa shape index (κ2) is 7.67. The molecule has 1 fully saturated rings. The summed E-state index contributed by atoms with van der Waals surface area (Å²) in [7, 11) is 0. The Morgan fingerprint density at radius 2 is 2.05 bits per heavy atom. The molecule has 0 saturated carbocycles. The predicted molar refractivity (Wildman–Crippen MR) is 81.8 cm³/mol. The summed E-state index contributed by atoms with van der Waals surface area (Å²) in [4.78, 5) is 12.0. The highest BCUT2D eigenvalue weighted by Crippen LogP contribution is 2.22. The van der Waals surface area contributed by atoms with Gasteiger partial charge in [-0.1, -0.05) is 50.1 Å². The number of carbonyl (C=O) groups is 1. The van der Waals surface area contributed by atoms with Crippen molar-refractivity contribution in [2.24, 2.45) is 5.92 Å². The van der Waals surface area contributed by atoms with Crippen molar-refractivity contribution in [3.63, 3.8) is 0 Å². The van der Waals surface area contributed by atoms with Crippen LogP contribution in [0.2, 0.25) is 0 Å². The molecular formula is C15H22N2O2S. The Balaban J connectivity index is 1.82. The summed E-state index contributed by atoms with van der Waals surface area (Å²) in [6, 6.07) is 10.1. The third-order valence-corrected chi connectivity index (χ3v) is 4.53. The lowest BCUT2D eigenvalue weighted by atomic mass is 9.98. The molecule has 110 valence electrons. The first kappa shape index (κ1) is 15.4. The van der Waals surface area contributed by atoms with Crippen LogP contribution in [-0.2, 0) is 10.5 Å². The van der Waals surface area contributed by atoms with Gasteiger partial charge in [0.1, 0.15) is 11.7 Å². The molecule has 5 heteroatoms. The van der Waals surface area contributed by atoms with Gasteiger partial charge < -0.3 is 10.4 Å². The lowest BCUT2D eigenvalue weighted by Crippen LogP contribution is -2.60. The highest BCUT2D eigenvalue weighted by molar-refractivity contribution is 7.99. The molecule has 0 radical (unpaired) electrons.